The zero-order chi connectivity index (χ0) is 13.8. The lowest BCUT2D eigenvalue weighted by Gasteiger charge is -2.29. The molecule has 1 aliphatic rings. The second-order valence-electron chi connectivity index (χ2n) is 4.89. The number of amides is 1. The Bertz CT molecular complexity index is 381. The van der Waals surface area contributed by atoms with E-state index in [-0.39, 0.29) is 29.4 Å². The Labute approximate surface area is 110 Å². The molecule has 1 saturated heterocycles. The predicted octanol–water partition coefficient (Wildman–Crippen LogP) is 0.268. The minimum absolute atomic E-state index is 0.0561. The van der Waals surface area contributed by atoms with Gasteiger partial charge in [-0.2, -0.15) is 0 Å². The molecule has 2 atom stereocenters. The molecule has 5 nitrogen and oxygen atoms in total. The molecule has 0 bridgehead atoms. The average Bonchev–Trinajstić information content (AvgIpc) is 2.67. The molecule has 2 unspecified atom stereocenters. The number of nitrogens with zero attached hydrogens (tertiary/aromatic N) is 1. The molecule has 1 N–H and O–H groups in total. The van der Waals surface area contributed by atoms with Gasteiger partial charge in [-0.15, -0.1) is 0 Å². The molecule has 1 heterocycles. The monoisotopic (exact) mass is 276 g/mol. The predicted molar refractivity (Wildman–Crippen MR) is 72.2 cm³/mol. The number of rotatable bonds is 6. The molecule has 0 radical (unpaired) electrons. The third-order valence-electron chi connectivity index (χ3n) is 3.40. The Hall–Kier alpha value is -0.620. The highest BCUT2D eigenvalue weighted by Crippen LogP contribution is 2.19. The van der Waals surface area contributed by atoms with Crippen molar-refractivity contribution in [1.29, 1.82) is 0 Å². The summed E-state index contributed by atoms with van der Waals surface area (Å²) in [6.07, 6.45) is 0.579. The van der Waals surface area contributed by atoms with E-state index in [0.29, 0.717) is 19.5 Å². The maximum absolute atomic E-state index is 12.3. The first kappa shape index (κ1) is 15.4. The third kappa shape index (κ3) is 3.95. The summed E-state index contributed by atoms with van der Waals surface area (Å²) in [6, 6.07) is -0.128. The van der Waals surface area contributed by atoms with Crippen molar-refractivity contribution < 1.29 is 13.2 Å². The molecule has 0 aromatic heterocycles. The van der Waals surface area contributed by atoms with E-state index in [0.717, 1.165) is 6.54 Å². The van der Waals surface area contributed by atoms with Gasteiger partial charge in [-0.25, -0.2) is 8.42 Å². The molecular formula is C12H24N2O3S. The van der Waals surface area contributed by atoms with Gasteiger partial charge in [-0.3, -0.25) is 4.79 Å². The van der Waals surface area contributed by atoms with Crippen molar-refractivity contribution in [2.75, 3.05) is 31.1 Å². The van der Waals surface area contributed by atoms with Crippen molar-refractivity contribution in [2.24, 2.45) is 5.92 Å². The van der Waals surface area contributed by atoms with Gasteiger partial charge in [0.1, 0.15) is 0 Å². The minimum atomic E-state index is -2.94. The fourth-order valence-electron chi connectivity index (χ4n) is 2.35. The van der Waals surface area contributed by atoms with Crippen molar-refractivity contribution in [3.63, 3.8) is 0 Å². The van der Waals surface area contributed by atoms with Gasteiger partial charge in [0.2, 0.25) is 5.91 Å². The van der Waals surface area contributed by atoms with Gasteiger partial charge in [-0.1, -0.05) is 13.8 Å². The summed E-state index contributed by atoms with van der Waals surface area (Å²) >= 11 is 0. The Morgan fingerprint density at radius 1 is 1.44 bits per heavy atom. The highest BCUT2D eigenvalue weighted by Gasteiger charge is 2.34. The lowest BCUT2D eigenvalue weighted by Crippen LogP contribution is -2.45. The number of sulfone groups is 1. The van der Waals surface area contributed by atoms with Crippen molar-refractivity contribution in [3.8, 4) is 0 Å². The van der Waals surface area contributed by atoms with Gasteiger partial charge in [0, 0.05) is 25.0 Å². The Balaban J connectivity index is 2.63. The van der Waals surface area contributed by atoms with Crippen LogP contribution in [0.25, 0.3) is 0 Å². The molecule has 0 aliphatic carbocycles. The van der Waals surface area contributed by atoms with Crippen LogP contribution in [0.4, 0.5) is 0 Å². The van der Waals surface area contributed by atoms with E-state index < -0.39 is 9.84 Å². The molecular weight excluding hydrogens is 252 g/mol. The van der Waals surface area contributed by atoms with Crippen LogP contribution in [-0.2, 0) is 14.6 Å². The maximum Gasteiger partial charge on any atom is 0.226 e. The average molecular weight is 276 g/mol. The molecule has 0 spiro atoms. The summed E-state index contributed by atoms with van der Waals surface area (Å²) in [5, 5.41) is 3.15. The molecule has 106 valence electrons. The van der Waals surface area contributed by atoms with Crippen LogP contribution in [0.5, 0.6) is 0 Å². The van der Waals surface area contributed by atoms with Crippen molar-refractivity contribution in [1.82, 2.24) is 10.2 Å². The topological polar surface area (TPSA) is 66.5 Å². The molecule has 0 saturated carbocycles. The summed E-state index contributed by atoms with van der Waals surface area (Å²) in [7, 11) is -2.94. The first-order valence-corrected chi connectivity index (χ1v) is 8.45. The molecule has 1 aliphatic heterocycles. The Morgan fingerprint density at radius 2 is 2.11 bits per heavy atom. The molecule has 1 rings (SSSR count). The highest BCUT2D eigenvalue weighted by atomic mass is 32.2. The fraction of sp³-hybridized carbons (Fsp3) is 0.917. The lowest BCUT2D eigenvalue weighted by molar-refractivity contribution is -0.136. The normalized spacial score (nSPS) is 23.8. The van der Waals surface area contributed by atoms with Gasteiger partial charge in [0.05, 0.1) is 11.5 Å². The fourth-order valence-corrected chi connectivity index (χ4v) is 4.08. The van der Waals surface area contributed by atoms with Crippen LogP contribution in [0.2, 0.25) is 0 Å². The summed E-state index contributed by atoms with van der Waals surface area (Å²) < 4.78 is 23.0. The zero-order valence-electron chi connectivity index (χ0n) is 11.5. The second-order valence-corrected chi connectivity index (χ2v) is 7.12. The number of carbonyl (C=O) groups excluding carboxylic acids is 1. The first-order chi connectivity index (χ1) is 8.41. The summed E-state index contributed by atoms with van der Waals surface area (Å²) in [5.74, 6) is 0.289. The van der Waals surface area contributed by atoms with E-state index in [2.05, 4.69) is 5.32 Å². The van der Waals surface area contributed by atoms with Gasteiger partial charge >= 0.3 is 0 Å². The lowest BCUT2D eigenvalue weighted by atomic mass is 10.1. The largest absolute Gasteiger partial charge is 0.339 e. The molecule has 0 aromatic carbocycles. The van der Waals surface area contributed by atoms with Gasteiger partial charge in [0.25, 0.3) is 0 Å². The van der Waals surface area contributed by atoms with E-state index in [4.69, 9.17) is 0 Å². The van der Waals surface area contributed by atoms with Crippen LogP contribution in [-0.4, -0.2) is 56.4 Å². The standard InChI is InChI=1S/C12H24N2O3S/c1-4-13-8-10(3)12(15)14(5-2)11-6-7-18(16,17)9-11/h10-11,13H,4-9H2,1-3H3. The summed E-state index contributed by atoms with van der Waals surface area (Å²) in [6.45, 7) is 7.85. The highest BCUT2D eigenvalue weighted by molar-refractivity contribution is 7.91. The van der Waals surface area contributed by atoms with Crippen LogP contribution in [0.1, 0.15) is 27.2 Å². The number of carbonyl (C=O) groups is 1. The van der Waals surface area contributed by atoms with Crippen LogP contribution >= 0.6 is 0 Å². The van der Waals surface area contributed by atoms with Crippen LogP contribution in [0, 0.1) is 5.92 Å². The Kier molecular flexibility index (Phi) is 5.59. The quantitative estimate of drug-likeness (QED) is 0.756. The minimum Gasteiger partial charge on any atom is -0.339 e. The van der Waals surface area contributed by atoms with E-state index in [1.807, 2.05) is 20.8 Å². The maximum atomic E-state index is 12.3. The smallest absolute Gasteiger partial charge is 0.226 e. The van der Waals surface area contributed by atoms with Crippen molar-refractivity contribution in [2.45, 2.75) is 33.2 Å². The Morgan fingerprint density at radius 3 is 2.56 bits per heavy atom. The molecule has 6 heteroatoms. The van der Waals surface area contributed by atoms with Gasteiger partial charge in [-0.05, 0) is 19.9 Å². The molecule has 18 heavy (non-hydrogen) atoms. The van der Waals surface area contributed by atoms with Crippen molar-refractivity contribution >= 4 is 15.7 Å². The van der Waals surface area contributed by atoms with E-state index >= 15 is 0 Å². The van der Waals surface area contributed by atoms with E-state index in [1.165, 1.54) is 0 Å². The van der Waals surface area contributed by atoms with Gasteiger partial charge in [0.15, 0.2) is 9.84 Å². The SMILES string of the molecule is CCNCC(C)C(=O)N(CC)C1CCS(=O)(=O)C1. The summed E-state index contributed by atoms with van der Waals surface area (Å²) in [4.78, 5) is 14.0. The number of hydrogen-bond acceptors (Lipinski definition) is 4. The third-order valence-corrected chi connectivity index (χ3v) is 5.15. The van der Waals surface area contributed by atoms with Crippen LogP contribution < -0.4 is 5.32 Å². The zero-order valence-corrected chi connectivity index (χ0v) is 12.3. The number of hydrogen-bond donors (Lipinski definition) is 1. The molecule has 0 aromatic rings. The molecule has 1 fully saturated rings. The van der Waals surface area contributed by atoms with Crippen molar-refractivity contribution in [3.05, 3.63) is 0 Å². The van der Waals surface area contributed by atoms with Crippen LogP contribution in [0.15, 0.2) is 0 Å². The second kappa shape index (κ2) is 6.52. The van der Waals surface area contributed by atoms with Crippen LogP contribution in [0.3, 0.4) is 0 Å². The molecule has 1 amide bonds. The number of nitrogens with one attached hydrogen (secondary N) is 1. The first-order valence-electron chi connectivity index (χ1n) is 6.62. The summed E-state index contributed by atoms with van der Waals surface area (Å²) in [5.41, 5.74) is 0. The van der Waals surface area contributed by atoms with E-state index in [1.54, 1.807) is 4.90 Å². The van der Waals surface area contributed by atoms with E-state index in [9.17, 15) is 13.2 Å². The van der Waals surface area contributed by atoms with Gasteiger partial charge < -0.3 is 10.2 Å².